The first-order valence-electron chi connectivity index (χ1n) is 11.0. The highest BCUT2D eigenvalue weighted by Crippen LogP contribution is 2.20. The van der Waals surface area contributed by atoms with Gasteiger partial charge in [0.1, 0.15) is 0 Å². The molecule has 3 amide bonds. The van der Waals surface area contributed by atoms with E-state index in [0.717, 1.165) is 19.3 Å². The van der Waals surface area contributed by atoms with Crippen LogP contribution in [0.4, 0.5) is 17.1 Å². The Morgan fingerprint density at radius 3 is 1.85 bits per heavy atom. The maximum atomic E-state index is 12.5. The van der Waals surface area contributed by atoms with Gasteiger partial charge in [-0.3, -0.25) is 19.2 Å². The van der Waals surface area contributed by atoms with Gasteiger partial charge in [-0.25, -0.2) is 4.79 Å². The minimum Gasteiger partial charge on any atom is -0.454 e. The number of carbonyl (C=O) groups is 5. The summed E-state index contributed by atoms with van der Waals surface area (Å²) >= 11 is 0. The van der Waals surface area contributed by atoms with Gasteiger partial charge in [0.25, 0.3) is 0 Å². The Hall–Kier alpha value is -4.01. The van der Waals surface area contributed by atoms with Crippen molar-refractivity contribution in [1.82, 2.24) is 0 Å². The van der Waals surface area contributed by atoms with Gasteiger partial charge in [-0.1, -0.05) is 19.8 Å². The molecule has 2 aromatic rings. The zero-order valence-corrected chi connectivity index (χ0v) is 19.5. The first kappa shape index (κ1) is 26.2. The maximum absolute atomic E-state index is 12.5. The lowest BCUT2D eigenvalue weighted by Gasteiger charge is -2.11. The van der Waals surface area contributed by atoms with Gasteiger partial charge in [-0.2, -0.15) is 0 Å². The summed E-state index contributed by atoms with van der Waals surface area (Å²) < 4.78 is 5.13. The second kappa shape index (κ2) is 12.9. The molecule has 0 bridgehead atoms. The van der Waals surface area contributed by atoms with Gasteiger partial charge in [-0.15, -0.1) is 0 Å². The lowest BCUT2D eigenvalue weighted by molar-refractivity contribution is -0.116. The van der Waals surface area contributed by atoms with E-state index < -0.39 is 18.4 Å². The second-order valence-corrected chi connectivity index (χ2v) is 7.74. The summed E-state index contributed by atoms with van der Waals surface area (Å²) in [5.74, 6) is -2.00. The van der Waals surface area contributed by atoms with Crippen LogP contribution in [0, 0.1) is 0 Å². The third-order valence-electron chi connectivity index (χ3n) is 4.64. The van der Waals surface area contributed by atoms with Gasteiger partial charge < -0.3 is 20.7 Å². The number of benzene rings is 2. The Bertz CT molecular complexity index is 1030. The van der Waals surface area contributed by atoms with Crippen molar-refractivity contribution in [2.75, 3.05) is 22.6 Å². The van der Waals surface area contributed by atoms with Crippen LogP contribution in [0.1, 0.15) is 67.2 Å². The molecule has 180 valence electrons. The van der Waals surface area contributed by atoms with Gasteiger partial charge in [0.05, 0.1) is 5.56 Å². The molecule has 0 radical (unpaired) electrons. The van der Waals surface area contributed by atoms with E-state index in [4.69, 9.17) is 4.74 Å². The molecule has 2 rings (SSSR count). The van der Waals surface area contributed by atoms with E-state index in [1.165, 1.54) is 32.0 Å². The van der Waals surface area contributed by atoms with Crippen molar-refractivity contribution in [2.24, 2.45) is 0 Å². The quantitative estimate of drug-likeness (QED) is 0.258. The number of nitrogens with one attached hydrogen (secondary N) is 3. The van der Waals surface area contributed by atoms with Crippen LogP contribution in [0.5, 0.6) is 0 Å². The molecule has 9 heteroatoms. The van der Waals surface area contributed by atoms with Crippen LogP contribution in [0.25, 0.3) is 0 Å². The SMILES string of the molecule is CCCCCC(=O)Nc1ccc(C(=O)COC(=O)c2cc(NC(C)=O)cc(NC(C)=O)c2)cc1. The minimum absolute atomic E-state index is 0.0592. The van der Waals surface area contributed by atoms with E-state index in [-0.39, 0.29) is 23.3 Å². The van der Waals surface area contributed by atoms with E-state index in [1.54, 1.807) is 24.3 Å². The fraction of sp³-hybridized carbons (Fsp3) is 0.320. The number of hydrogen-bond acceptors (Lipinski definition) is 6. The average Bonchev–Trinajstić information content (AvgIpc) is 2.76. The van der Waals surface area contributed by atoms with Gasteiger partial charge in [0.2, 0.25) is 17.7 Å². The lowest BCUT2D eigenvalue weighted by Crippen LogP contribution is -2.16. The Morgan fingerprint density at radius 1 is 0.735 bits per heavy atom. The number of Topliss-reactive ketones (excluding diaryl/α,β-unsaturated/α-hetero) is 1. The van der Waals surface area contributed by atoms with E-state index in [2.05, 4.69) is 22.9 Å². The summed E-state index contributed by atoms with van der Waals surface area (Å²) in [5, 5.41) is 7.87. The molecule has 34 heavy (non-hydrogen) atoms. The molecule has 9 nitrogen and oxygen atoms in total. The molecule has 0 atom stereocenters. The lowest BCUT2D eigenvalue weighted by atomic mass is 10.1. The normalized spacial score (nSPS) is 10.2. The van der Waals surface area contributed by atoms with Gasteiger partial charge >= 0.3 is 5.97 Å². The second-order valence-electron chi connectivity index (χ2n) is 7.74. The maximum Gasteiger partial charge on any atom is 0.338 e. The first-order chi connectivity index (χ1) is 16.2. The van der Waals surface area contributed by atoms with Crippen molar-refractivity contribution in [3.8, 4) is 0 Å². The van der Waals surface area contributed by atoms with E-state index in [0.29, 0.717) is 29.0 Å². The van der Waals surface area contributed by atoms with Gasteiger partial charge in [0.15, 0.2) is 12.4 Å². The van der Waals surface area contributed by atoms with Crippen LogP contribution in [-0.4, -0.2) is 36.1 Å². The minimum atomic E-state index is -0.789. The molecule has 0 aliphatic carbocycles. The van der Waals surface area contributed by atoms with Gasteiger partial charge in [-0.05, 0) is 48.9 Å². The average molecular weight is 468 g/mol. The summed E-state index contributed by atoms with van der Waals surface area (Å²) in [6.45, 7) is 4.19. The summed E-state index contributed by atoms with van der Waals surface area (Å²) in [6.07, 6.45) is 3.29. The molecule has 0 saturated heterocycles. The van der Waals surface area contributed by atoms with E-state index in [1.807, 2.05) is 0 Å². The zero-order chi connectivity index (χ0) is 25.1. The van der Waals surface area contributed by atoms with Crippen molar-refractivity contribution in [3.05, 3.63) is 53.6 Å². The monoisotopic (exact) mass is 467 g/mol. The molecule has 0 unspecified atom stereocenters. The van der Waals surface area contributed by atoms with E-state index >= 15 is 0 Å². The highest BCUT2D eigenvalue weighted by atomic mass is 16.5. The standard InChI is InChI=1S/C25H29N3O6/c1-4-5-6-7-24(32)28-20-10-8-18(9-11-20)23(31)15-34-25(33)19-12-21(26-16(2)29)14-22(13-19)27-17(3)30/h8-14H,4-7,15H2,1-3H3,(H,26,29)(H,27,30)(H,28,32). The number of anilines is 3. The van der Waals surface area contributed by atoms with Crippen LogP contribution >= 0.6 is 0 Å². The molecule has 0 heterocycles. The number of ether oxygens (including phenoxy) is 1. The molecule has 0 aromatic heterocycles. The number of ketones is 1. The predicted octanol–water partition coefficient (Wildman–Crippen LogP) is 4.16. The zero-order valence-electron chi connectivity index (χ0n) is 19.5. The molecule has 0 aliphatic rings. The van der Waals surface area contributed by atoms with Crippen LogP contribution in [0.3, 0.4) is 0 Å². The molecule has 0 spiro atoms. The summed E-state index contributed by atoms with van der Waals surface area (Å²) in [6, 6.07) is 10.6. The molecular weight excluding hydrogens is 438 g/mol. The highest BCUT2D eigenvalue weighted by Gasteiger charge is 2.15. The van der Waals surface area contributed by atoms with Gasteiger partial charge in [0, 0.05) is 42.9 Å². The Labute approximate surface area is 198 Å². The Balaban J connectivity index is 1.98. The number of esters is 1. The van der Waals surface area contributed by atoms with E-state index in [9.17, 15) is 24.0 Å². The largest absolute Gasteiger partial charge is 0.454 e. The Morgan fingerprint density at radius 2 is 1.32 bits per heavy atom. The van der Waals surface area contributed by atoms with Crippen molar-refractivity contribution in [2.45, 2.75) is 46.5 Å². The fourth-order valence-electron chi connectivity index (χ4n) is 3.09. The molecule has 3 N–H and O–H groups in total. The number of amides is 3. The molecule has 0 saturated carbocycles. The number of rotatable bonds is 11. The van der Waals surface area contributed by atoms with Crippen molar-refractivity contribution in [3.63, 3.8) is 0 Å². The molecular formula is C25H29N3O6. The Kier molecular flexibility index (Phi) is 9.94. The third-order valence-corrected chi connectivity index (χ3v) is 4.64. The summed E-state index contributed by atoms with van der Waals surface area (Å²) in [4.78, 5) is 59.5. The van der Waals surface area contributed by atoms with Crippen molar-refractivity contribution >= 4 is 46.5 Å². The summed E-state index contributed by atoms with van der Waals surface area (Å²) in [7, 11) is 0. The molecule has 2 aromatic carbocycles. The molecule has 0 fully saturated rings. The van der Waals surface area contributed by atoms with Crippen LogP contribution < -0.4 is 16.0 Å². The number of hydrogen-bond donors (Lipinski definition) is 3. The third kappa shape index (κ3) is 8.85. The number of unbranched alkanes of at least 4 members (excludes halogenated alkanes) is 2. The summed E-state index contributed by atoms with van der Waals surface area (Å²) in [5.41, 5.74) is 1.55. The predicted molar refractivity (Wildman–Crippen MR) is 129 cm³/mol. The fourth-order valence-corrected chi connectivity index (χ4v) is 3.09. The van der Waals surface area contributed by atoms with Crippen LogP contribution in [0.2, 0.25) is 0 Å². The smallest absolute Gasteiger partial charge is 0.338 e. The van der Waals surface area contributed by atoms with Crippen LogP contribution in [0.15, 0.2) is 42.5 Å². The van der Waals surface area contributed by atoms with Crippen molar-refractivity contribution in [1.29, 1.82) is 0 Å². The first-order valence-corrected chi connectivity index (χ1v) is 11.0. The number of carbonyl (C=O) groups excluding carboxylic acids is 5. The topological polar surface area (TPSA) is 131 Å². The van der Waals surface area contributed by atoms with Crippen molar-refractivity contribution < 1.29 is 28.7 Å². The molecule has 0 aliphatic heterocycles. The van der Waals surface area contributed by atoms with Crippen LogP contribution in [-0.2, 0) is 19.1 Å². The highest BCUT2D eigenvalue weighted by molar-refractivity contribution is 6.01.